The molecule has 3 N–H and O–H groups in total. The van der Waals surface area contributed by atoms with Gasteiger partial charge in [0.15, 0.2) is 5.82 Å². The molecule has 1 aromatic heterocycles. The van der Waals surface area contributed by atoms with E-state index in [1.165, 1.54) is 24.0 Å². The number of rotatable bonds is 3. The molecule has 1 aromatic carbocycles. The Bertz CT molecular complexity index is 709. The molecule has 0 aliphatic carbocycles. The number of nitrogen functional groups attached to an aromatic ring is 1. The SMILES string of the molecule is Cn1cc(S(=O)(=O)Nc2cc(F)cc(Cl)c2)c(N)n1. The van der Waals surface area contributed by atoms with Crippen molar-refractivity contribution in [2.45, 2.75) is 4.90 Å². The van der Waals surface area contributed by atoms with Gasteiger partial charge in [0.2, 0.25) is 0 Å². The average Bonchev–Trinajstić information content (AvgIpc) is 2.56. The molecular weight excluding hydrogens is 295 g/mol. The second kappa shape index (κ2) is 4.71. The van der Waals surface area contributed by atoms with Gasteiger partial charge in [0.1, 0.15) is 10.7 Å². The lowest BCUT2D eigenvalue weighted by molar-refractivity contribution is 0.601. The molecule has 0 bridgehead atoms. The number of aromatic nitrogens is 2. The van der Waals surface area contributed by atoms with Gasteiger partial charge in [0.25, 0.3) is 10.0 Å². The average molecular weight is 305 g/mol. The number of hydrogen-bond donors (Lipinski definition) is 2. The molecule has 2 aromatic rings. The van der Waals surface area contributed by atoms with Crippen molar-refractivity contribution in [3.05, 3.63) is 35.2 Å². The van der Waals surface area contributed by atoms with E-state index in [2.05, 4.69) is 9.82 Å². The summed E-state index contributed by atoms with van der Waals surface area (Å²) in [5.41, 5.74) is 5.50. The van der Waals surface area contributed by atoms with Gasteiger partial charge in [0.05, 0.1) is 5.69 Å². The van der Waals surface area contributed by atoms with Crippen LogP contribution >= 0.6 is 11.6 Å². The number of aryl methyl sites for hydroxylation is 1. The van der Waals surface area contributed by atoms with Crippen LogP contribution in [0.2, 0.25) is 5.02 Å². The van der Waals surface area contributed by atoms with E-state index in [0.29, 0.717) is 0 Å². The molecule has 0 unspecified atom stereocenters. The molecular formula is C10H10ClFN4O2S. The highest BCUT2D eigenvalue weighted by molar-refractivity contribution is 7.92. The quantitative estimate of drug-likeness (QED) is 0.901. The highest BCUT2D eigenvalue weighted by Gasteiger charge is 2.21. The Hall–Kier alpha value is -1.80. The van der Waals surface area contributed by atoms with E-state index in [4.69, 9.17) is 17.3 Å². The summed E-state index contributed by atoms with van der Waals surface area (Å²) in [6, 6.07) is 3.36. The third kappa shape index (κ3) is 2.96. The number of halogens is 2. The molecule has 19 heavy (non-hydrogen) atoms. The van der Waals surface area contributed by atoms with Crippen LogP contribution in [-0.2, 0) is 17.1 Å². The Labute approximate surface area is 114 Å². The zero-order chi connectivity index (χ0) is 14.2. The fourth-order valence-electron chi connectivity index (χ4n) is 1.51. The number of hydrogen-bond acceptors (Lipinski definition) is 4. The molecule has 0 radical (unpaired) electrons. The van der Waals surface area contributed by atoms with Gasteiger partial charge in [-0.25, -0.2) is 12.8 Å². The lowest BCUT2D eigenvalue weighted by atomic mass is 10.3. The molecule has 1 heterocycles. The Morgan fingerprint density at radius 1 is 1.42 bits per heavy atom. The zero-order valence-electron chi connectivity index (χ0n) is 9.76. The van der Waals surface area contributed by atoms with Gasteiger partial charge in [0, 0.05) is 18.3 Å². The molecule has 0 fully saturated rings. The summed E-state index contributed by atoms with van der Waals surface area (Å²) in [5, 5.41) is 3.81. The maximum atomic E-state index is 13.1. The molecule has 0 amide bonds. The number of nitrogens with two attached hydrogens (primary N) is 1. The summed E-state index contributed by atoms with van der Waals surface area (Å²) in [5.74, 6) is -0.790. The topological polar surface area (TPSA) is 90.0 Å². The second-order valence-electron chi connectivity index (χ2n) is 3.82. The van der Waals surface area contributed by atoms with E-state index < -0.39 is 15.8 Å². The van der Waals surface area contributed by atoms with Crippen LogP contribution in [0.15, 0.2) is 29.3 Å². The summed E-state index contributed by atoms with van der Waals surface area (Å²) in [4.78, 5) is -0.185. The minimum atomic E-state index is -3.94. The first-order chi connectivity index (χ1) is 8.78. The fraction of sp³-hybridized carbons (Fsp3) is 0.100. The van der Waals surface area contributed by atoms with Crippen LogP contribution in [0.3, 0.4) is 0 Å². The number of benzene rings is 1. The summed E-state index contributed by atoms with van der Waals surface area (Å²) < 4.78 is 40.7. The van der Waals surface area contributed by atoms with Crippen molar-refractivity contribution in [3.63, 3.8) is 0 Å². The smallest absolute Gasteiger partial charge is 0.267 e. The third-order valence-corrected chi connectivity index (χ3v) is 3.84. The molecule has 0 saturated carbocycles. The van der Waals surface area contributed by atoms with Gasteiger partial charge in [-0.2, -0.15) is 5.10 Å². The Balaban J connectivity index is 2.39. The predicted octanol–water partition coefficient (Wildman–Crippen LogP) is 1.60. The fourth-order valence-corrected chi connectivity index (χ4v) is 2.88. The Morgan fingerprint density at radius 3 is 2.63 bits per heavy atom. The number of nitrogens with zero attached hydrogens (tertiary/aromatic N) is 2. The largest absolute Gasteiger partial charge is 0.381 e. The molecule has 0 saturated heterocycles. The van der Waals surface area contributed by atoms with Crippen LogP contribution in [0, 0.1) is 5.82 Å². The second-order valence-corrected chi connectivity index (χ2v) is 5.90. The predicted molar refractivity (Wildman–Crippen MR) is 69.8 cm³/mol. The molecule has 0 spiro atoms. The number of nitrogens with one attached hydrogen (secondary N) is 1. The maximum absolute atomic E-state index is 13.1. The maximum Gasteiger partial charge on any atom is 0.267 e. The molecule has 9 heteroatoms. The van der Waals surface area contributed by atoms with Crippen molar-refractivity contribution < 1.29 is 12.8 Å². The van der Waals surface area contributed by atoms with Crippen LogP contribution in [0.1, 0.15) is 0 Å². The standard InChI is InChI=1S/C10H10ClFN4O2S/c1-16-5-9(10(13)14-16)19(17,18)15-8-3-6(11)2-7(12)4-8/h2-5,15H,1H3,(H2,13,14). The zero-order valence-corrected chi connectivity index (χ0v) is 11.3. The van der Waals surface area contributed by atoms with E-state index in [9.17, 15) is 12.8 Å². The molecule has 6 nitrogen and oxygen atoms in total. The molecule has 102 valence electrons. The summed E-state index contributed by atoms with van der Waals surface area (Å²) >= 11 is 5.64. The first-order valence-electron chi connectivity index (χ1n) is 5.06. The minimum absolute atomic E-state index is 0.00764. The first kappa shape index (κ1) is 13.6. The summed E-state index contributed by atoms with van der Waals surface area (Å²) in [7, 11) is -2.40. The van der Waals surface area contributed by atoms with Crippen LogP contribution in [0.5, 0.6) is 0 Å². The van der Waals surface area contributed by atoms with Gasteiger partial charge < -0.3 is 5.73 Å². The Morgan fingerprint density at radius 2 is 2.11 bits per heavy atom. The monoisotopic (exact) mass is 304 g/mol. The van der Waals surface area contributed by atoms with Gasteiger partial charge in [-0.1, -0.05) is 11.6 Å². The minimum Gasteiger partial charge on any atom is -0.381 e. The van der Waals surface area contributed by atoms with E-state index in [1.807, 2.05) is 0 Å². The number of sulfonamides is 1. The van der Waals surface area contributed by atoms with Crippen molar-refractivity contribution in [3.8, 4) is 0 Å². The Kier molecular flexibility index (Phi) is 3.38. The van der Waals surface area contributed by atoms with Gasteiger partial charge >= 0.3 is 0 Å². The molecule has 0 atom stereocenters. The van der Waals surface area contributed by atoms with Crippen LogP contribution in [0.25, 0.3) is 0 Å². The van der Waals surface area contributed by atoms with Gasteiger partial charge in [-0.05, 0) is 18.2 Å². The van der Waals surface area contributed by atoms with E-state index in [0.717, 1.165) is 12.1 Å². The first-order valence-corrected chi connectivity index (χ1v) is 6.92. The van der Waals surface area contributed by atoms with Crippen LogP contribution in [0.4, 0.5) is 15.9 Å². The van der Waals surface area contributed by atoms with Crippen molar-refractivity contribution in [2.24, 2.45) is 7.05 Å². The highest BCUT2D eigenvalue weighted by Crippen LogP contribution is 2.23. The summed E-state index contributed by atoms with van der Waals surface area (Å²) in [6.07, 6.45) is 1.25. The van der Waals surface area contributed by atoms with E-state index in [-0.39, 0.29) is 21.4 Å². The van der Waals surface area contributed by atoms with Crippen LogP contribution in [-0.4, -0.2) is 18.2 Å². The number of anilines is 2. The molecule has 0 aliphatic rings. The lowest BCUT2D eigenvalue weighted by Gasteiger charge is -2.07. The molecule has 0 aliphatic heterocycles. The summed E-state index contributed by atoms with van der Waals surface area (Å²) in [6.45, 7) is 0. The van der Waals surface area contributed by atoms with E-state index >= 15 is 0 Å². The highest BCUT2D eigenvalue weighted by atomic mass is 35.5. The molecule has 2 rings (SSSR count). The van der Waals surface area contributed by atoms with Gasteiger partial charge in [-0.3, -0.25) is 9.40 Å². The van der Waals surface area contributed by atoms with Crippen molar-refractivity contribution in [1.29, 1.82) is 0 Å². The lowest BCUT2D eigenvalue weighted by Crippen LogP contribution is -2.14. The normalized spacial score (nSPS) is 11.5. The van der Waals surface area contributed by atoms with Crippen molar-refractivity contribution in [1.82, 2.24) is 9.78 Å². The third-order valence-electron chi connectivity index (χ3n) is 2.23. The van der Waals surface area contributed by atoms with Crippen molar-refractivity contribution in [2.75, 3.05) is 10.5 Å². The van der Waals surface area contributed by atoms with Crippen LogP contribution < -0.4 is 10.5 Å². The van der Waals surface area contributed by atoms with Crippen molar-refractivity contribution >= 4 is 33.1 Å². The van der Waals surface area contributed by atoms with Gasteiger partial charge in [-0.15, -0.1) is 0 Å². The van der Waals surface area contributed by atoms with E-state index in [1.54, 1.807) is 0 Å².